The Hall–Kier alpha value is -1.96. The number of nitrogens with zero attached hydrogens (tertiary/aromatic N) is 3. The molecule has 1 atom stereocenters. The Morgan fingerprint density at radius 3 is 2.96 bits per heavy atom. The van der Waals surface area contributed by atoms with E-state index in [1.54, 1.807) is 10.7 Å². The number of amides is 1. The quantitative estimate of drug-likeness (QED) is 0.709. The molecule has 120 valence electrons. The molecule has 0 fully saturated rings. The summed E-state index contributed by atoms with van der Waals surface area (Å²) in [4.78, 5) is 16.5. The standard InChI is InChI=1S/C15H15ClN4O2S/c1-8(2)13(21)19-14(22)15-18-11(12(16)23-15)9-7-17-20-6-4-3-5-10(9)20/h3-8,13,21H,1-2H3,(H,19,22). The van der Waals surface area contributed by atoms with E-state index in [2.05, 4.69) is 15.4 Å². The minimum absolute atomic E-state index is 0.0894. The molecule has 3 aromatic rings. The number of hydrogen-bond acceptors (Lipinski definition) is 5. The molecule has 0 saturated carbocycles. The summed E-state index contributed by atoms with van der Waals surface area (Å²) in [6.45, 7) is 3.62. The van der Waals surface area contributed by atoms with Crippen molar-refractivity contribution in [1.29, 1.82) is 0 Å². The van der Waals surface area contributed by atoms with Crippen molar-refractivity contribution in [1.82, 2.24) is 19.9 Å². The van der Waals surface area contributed by atoms with Gasteiger partial charge in [-0.05, 0) is 18.1 Å². The van der Waals surface area contributed by atoms with E-state index in [1.165, 1.54) is 0 Å². The lowest BCUT2D eigenvalue weighted by atomic mass is 10.2. The van der Waals surface area contributed by atoms with Crippen LogP contribution in [0.2, 0.25) is 4.34 Å². The van der Waals surface area contributed by atoms with Gasteiger partial charge in [-0.15, -0.1) is 0 Å². The molecule has 3 aromatic heterocycles. The lowest BCUT2D eigenvalue weighted by molar-refractivity contribution is 0.0647. The molecular formula is C15H15ClN4O2S. The van der Waals surface area contributed by atoms with Crippen LogP contribution in [-0.2, 0) is 0 Å². The number of pyridine rings is 1. The maximum Gasteiger partial charge on any atom is 0.282 e. The molecule has 0 aliphatic carbocycles. The monoisotopic (exact) mass is 350 g/mol. The molecule has 8 heteroatoms. The Labute approximate surface area is 141 Å². The minimum atomic E-state index is -0.925. The summed E-state index contributed by atoms with van der Waals surface area (Å²) in [5.41, 5.74) is 2.13. The van der Waals surface area contributed by atoms with Gasteiger partial charge in [0, 0.05) is 11.8 Å². The molecule has 1 unspecified atom stereocenters. The molecular weight excluding hydrogens is 336 g/mol. The van der Waals surface area contributed by atoms with Crippen LogP contribution >= 0.6 is 22.9 Å². The van der Waals surface area contributed by atoms with E-state index in [0.29, 0.717) is 10.0 Å². The number of nitrogens with one attached hydrogen (secondary N) is 1. The fourth-order valence-corrected chi connectivity index (χ4v) is 3.12. The molecule has 1 amide bonds. The molecule has 0 spiro atoms. The van der Waals surface area contributed by atoms with E-state index < -0.39 is 12.1 Å². The zero-order chi connectivity index (χ0) is 16.6. The van der Waals surface area contributed by atoms with Crippen LogP contribution in [0.25, 0.3) is 16.8 Å². The maximum absolute atomic E-state index is 12.2. The first kappa shape index (κ1) is 15.9. The van der Waals surface area contributed by atoms with Crippen molar-refractivity contribution in [2.45, 2.75) is 20.1 Å². The van der Waals surface area contributed by atoms with Crippen molar-refractivity contribution in [2.75, 3.05) is 0 Å². The number of rotatable bonds is 4. The first-order valence-corrected chi connectivity index (χ1v) is 8.25. The summed E-state index contributed by atoms with van der Waals surface area (Å²) < 4.78 is 2.13. The van der Waals surface area contributed by atoms with Gasteiger partial charge < -0.3 is 10.4 Å². The molecule has 0 bridgehead atoms. The van der Waals surface area contributed by atoms with Crippen molar-refractivity contribution < 1.29 is 9.90 Å². The van der Waals surface area contributed by atoms with Gasteiger partial charge in [-0.1, -0.05) is 42.9 Å². The molecule has 23 heavy (non-hydrogen) atoms. The predicted octanol–water partition coefficient (Wildman–Crippen LogP) is 2.82. The van der Waals surface area contributed by atoms with Crippen LogP contribution in [0, 0.1) is 5.92 Å². The Morgan fingerprint density at radius 2 is 2.22 bits per heavy atom. The number of fused-ring (bicyclic) bond motifs is 1. The second-order valence-electron chi connectivity index (χ2n) is 5.39. The Kier molecular flexibility index (Phi) is 4.34. The van der Waals surface area contributed by atoms with Crippen molar-refractivity contribution in [2.24, 2.45) is 5.92 Å². The molecule has 0 aliphatic heterocycles. The number of aliphatic hydroxyl groups is 1. The molecule has 6 nitrogen and oxygen atoms in total. The van der Waals surface area contributed by atoms with Gasteiger partial charge >= 0.3 is 0 Å². The number of carbonyl (C=O) groups is 1. The van der Waals surface area contributed by atoms with Crippen LogP contribution in [0.4, 0.5) is 0 Å². The van der Waals surface area contributed by atoms with Gasteiger partial charge in [0.1, 0.15) is 16.3 Å². The lowest BCUT2D eigenvalue weighted by Crippen LogP contribution is -2.38. The van der Waals surface area contributed by atoms with Gasteiger partial charge in [-0.25, -0.2) is 9.50 Å². The second kappa shape index (κ2) is 6.27. The zero-order valence-corrected chi connectivity index (χ0v) is 14.1. The Balaban J connectivity index is 1.94. The zero-order valence-electron chi connectivity index (χ0n) is 12.5. The van der Waals surface area contributed by atoms with E-state index in [0.717, 1.165) is 22.4 Å². The van der Waals surface area contributed by atoms with E-state index in [4.69, 9.17) is 11.6 Å². The van der Waals surface area contributed by atoms with Crippen LogP contribution in [0.1, 0.15) is 23.6 Å². The molecule has 3 heterocycles. The van der Waals surface area contributed by atoms with Crippen LogP contribution in [0.15, 0.2) is 30.6 Å². The summed E-state index contributed by atoms with van der Waals surface area (Å²) in [5.74, 6) is -0.533. The number of hydrogen-bond donors (Lipinski definition) is 2. The van der Waals surface area contributed by atoms with Crippen LogP contribution in [-0.4, -0.2) is 31.8 Å². The highest BCUT2D eigenvalue weighted by Crippen LogP contribution is 2.34. The number of halogens is 1. The number of aromatic nitrogens is 3. The molecule has 3 rings (SSSR count). The van der Waals surface area contributed by atoms with Gasteiger partial charge in [0.25, 0.3) is 5.91 Å². The number of thiazole rings is 1. The van der Waals surface area contributed by atoms with Gasteiger partial charge in [0.15, 0.2) is 5.01 Å². The third-order valence-electron chi connectivity index (χ3n) is 3.37. The van der Waals surface area contributed by atoms with E-state index in [9.17, 15) is 9.90 Å². The van der Waals surface area contributed by atoms with Crippen LogP contribution in [0.3, 0.4) is 0 Å². The Morgan fingerprint density at radius 1 is 1.43 bits per heavy atom. The van der Waals surface area contributed by atoms with Gasteiger partial charge in [-0.2, -0.15) is 5.10 Å². The van der Waals surface area contributed by atoms with Crippen molar-refractivity contribution in [3.8, 4) is 11.3 Å². The molecule has 0 saturated heterocycles. The van der Waals surface area contributed by atoms with Gasteiger partial charge in [0.05, 0.1) is 11.7 Å². The van der Waals surface area contributed by atoms with Crippen molar-refractivity contribution in [3.63, 3.8) is 0 Å². The van der Waals surface area contributed by atoms with Crippen molar-refractivity contribution >= 4 is 34.4 Å². The highest BCUT2D eigenvalue weighted by Gasteiger charge is 2.21. The normalized spacial score (nSPS) is 12.7. The summed E-state index contributed by atoms with van der Waals surface area (Å²) in [5, 5.41) is 16.7. The second-order valence-corrected chi connectivity index (χ2v) is 6.99. The van der Waals surface area contributed by atoms with Gasteiger partial charge in [-0.3, -0.25) is 4.79 Å². The van der Waals surface area contributed by atoms with E-state index in [-0.39, 0.29) is 10.9 Å². The minimum Gasteiger partial charge on any atom is -0.373 e. The van der Waals surface area contributed by atoms with Crippen LogP contribution < -0.4 is 5.32 Å². The smallest absolute Gasteiger partial charge is 0.282 e. The Bertz CT molecular complexity index is 858. The highest BCUT2D eigenvalue weighted by molar-refractivity contribution is 7.18. The first-order chi connectivity index (χ1) is 11.0. The number of carbonyl (C=O) groups excluding carboxylic acids is 1. The third kappa shape index (κ3) is 3.08. The van der Waals surface area contributed by atoms with Gasteiger partial charge in [0.2, 0.25) is 0 Å². The van der Waals surface area contributed by atoms with E-state index in [1.807, 2.05) is 38.2 Å². The summed E-state index contributed by atoms with van der Waals surface area (Å²) in [7, 11) is 0. The molecule has 2 N–H and O–H groups in total. The van der Waals surface area contributed by atoms with Crippen LogP contribution in [0.5, 0.6) is 0 Å². The first-order valence-electron chi connectivity index (χ1n) is 7.05. The fraction of sp³-hybridized carbons (Fsp3) is 0.267. The molecule has 0 aromatic carbocycles. The number of aliphatic hydroxyl groups excluding tert-OH is 1. The van der Waals surface area contributed by atoms with E-state index >= 15 is 0 Å². The third-order valence-corrected chi connectivity index (χ3v) is 4.63. The summed E-state index contributed by atoms with van der Waals surface area (Å²) >= 11 is 7.33. The average molecular weight is 351 g/mol. The predicted molar refractivity (Wildman–Crippen MR) is 89.6 cm³/mol. The summed E-state index contributed by atoms with van der Waals surface area (Å²) in [6.07, 6.45) is 2.57. The largest absolute Gasteiger partial charge is 0.373 e. The van der Waals surface area contributed by atoms with Crippen molar-refractivity contribution in [3.05, 3.63) is 39.9 Å². The average Bonchev–Trinajstić information content (AvgIpc) is 3.10. The summed E-state index contributed by atoms with van der Waals surface area (Å²) in [6, 6.07) is 5.67. The lowest BCUT2D eigenvalue weighted by Gasteiger charge is -2.14. The molecule has 0 aliphatic rings. The topological polar surface area (TPSA) is 79.5 Å². The maximum atomic E-state index is 12.2. The highest BCUT2D eigenvalue weighted by atomic mass is 35.5. The molecule has 0 radical (unpaired) electrons. The fourth-order valence-electron chi connectivity index (χ4n) is 2.04. The SMILES string of the molecule is CC(C)C(O)NC(=O)c1nc(-c2cnn3ccccc23)c(Cl)s1.